The number of halogens is 3. The van der Waals surface area contributed by atoms with Gasteiger partial charge in [-0.05, 0) is 68.5 Å². The summed E-state index contributed by atoms with van der Waals surface area (Å²) >= 11 is 0. The van der Waals surface area contributed by atoms with Gasteiger partial charge in [-0.2, -0.15) is 13.2 Å². The summed E-state index contributed by atoms with van der Waals surface area (Å²) in [5.74, 6) is 0.217. The van der Waals surface area contributed by atoms with Gasteiger partial charge in [0.05, 0.1) is 43.2 Å². The quantitative estimate of drug-likeness (QED) is 0.536. The first-order valence-electron chi connectivity index (χ1n) is 14.4. The van der Waals surface area contributed by atoms with E-state index in [2.05, 4.69) is 27.7 Å². The third kappa shape index (κ3) is 4.60. The predicted octanol–water partition coefficient (Wildman–Crippen LogP) is 2.80. The number of rotatable bonds is 7. The van der Waals surface area contributed by atoms with Crippen LogP contribution < -0.4 is 16.5 Å². The molecule has 7 rings (SSSR count). The van der Waals surface area contributed by atoms with Crippen LogP contribution in [0.3, 0.4) is 0 Å². The summed E-state index contributed by atoms with van der Waals surface area (Å²) in [6.45, 7) is 4.31. The van der Waals surface area contributed by atoms with E-state index in [4.69, 9.17) is 9.47 Å². The first-order chi connectivity index (χ1) is 19.1. The highest BCUT2D eigenvalue weighted by Crippen LogP contribution is 2.53. The van der Waals surface area contributed by atoms with Gasteiger partial charge in [-0.3, -0.25) is 18.8 Å². The Morgan fingerprint density at radius 1 is 1.15 bits per heavy atom. The van der Waals surface area contributed by atoms with E-state index in [9.17, 15) is 18.0 Å². The summed E-state index contributed by atoms with van der Waals surface area (Å²) in [7, 11) is 3.75. The molecule has 3 saturated heterocycles. The van der Waals surface area contributed by atoms with Gasteiger partial charge in [0.2, 0.25) is 0 Å². The Balaban J connectivity index is 1.20. The normalized spacial score (nSPS) is 31.9. The molecule has 3 aliphatic heterocycles. The molecule has 2 aromatic rings. The Morgan fingerprint density at radius 2 is 1.93 bits per heavy atom. The largest absolute Gasteiger partial charge is 0.418 e. The maximum absolute atomic E-state index is 14.3. The summed E-state index contributed by atoms with van der Waals surface area (Å²) in [5, 5.41) is 0. The summed E-state index contributed by atoms with van der Waals surface area (Å²) in [6, 6.07) is 0.981. The van der Waals surface area contributed by atoms with Crippen LogP contribution in [0.4, 0.5) is 13.2 Å². The van der Waals surface area contributed by atoms with E-state index in [-0.39, 0.29) is 35.2 Å². The Kier molecular flexibility index (Phi) is 6.41. The number of hydrogen-bond acceptors (Lipinski definition) is 7. The standard InChI is InChI=1S/C28H39F3N6O3/c1-34-17-32-33-24(34)9-27(15-40-16-27)19-6-20(8-21(7-19)39-2)36-12-23-22(28(29,30)31)5-18(11-37(23)25(36)38)10-35-13-26(14-35)3-4-26/h5,11-12,19-21,24,32-33H,3-4,6-10,13-17H2,1-2H3. The molecule has 9 nitrogen and oxygen atoms in total. The molecule has 5 fully saturated rings. The molecule has 0 radical (unpaired) electrons. The number of hydrogen-bond donors (Lipinski definition) is 2. The molecule has 2 N–H and O–H groups in total. The number of methoxy groups -OCH3 is 1. The molecular formula is C28H39F3N6O3. The van der Waals surface area contributed by atoms with Crippen LogP contribution in [0, 0.1) is 16.7 Å². The van der Waals surface area contributed by atoms with Crippen molar-refractivity contribution >= 4 is 5.52 Å². The van der Waals surface area contributed by atoms with Gasteiger partial charge >= 0.3 is 11.9 Å². The molecule has 12 heteroatoms. The maximum atomic E-state index is 14.3. The van der Waals surface area contributed by atoms with Crippen molar-refractivity contribution in [2.45, 2.75) is 69.6 Å². The first-order valence-corrected chi connectivity index (χ1v) is 14.4. The highest BCUT2D eigenvalue weighted by atomic mass is 19.4. The average Bonchev–Trinajstić information content (AvgIpc) is 3.47. The van der Waals surface area contributed by atoms with Gasteiger partial charge in [-0.25, -0.2) is 15.6 Å². The zero-order valence-corrected chi connectivity index (χ0v) is 23.2. The lowest BCUT2D eigenvalue weighted by atomic mass is 9.63. The van der Waals surface area contributed by atoms with Gasteiger partial charge in [-0.15, -0.1) is 0 Å². The minimum absolute atomic E-state index is 0.0728. The number of likely N-dealkylation sites (tertiary alicyclic amines) is 1. The van der Waals surface area contributed by atoms with Gasteiger partial charge in [0.15, 0.2) is 0 Å². The summed E-state index contributed by atoms with van der Waals surface area (Å²) < 4.78 is 57.2. The van der Waals surface area contributed by atoms with Gasteiger partial charge in [0, 0.05) is 50.6 Å². The monoisotopic (exact) mass is 564 g/mol. The molecule has 2 aromatic heterocycles. The van der Waals surface area contributed by atoms with Gasteiger partial charge in [0.1, 0.15) is 0 Å². The molecule has 2 aliphatic carbocycles. The lowest BCUT2D eigenvalue weighted by Crippen LogP contribution is -2.55. The molecule has 1 spiro atoms. The van der Waals surface area contributed by atoms with Crippen LogP contribution in [0.2, 0.25) is 0 Å². The van der Waals surface area contributed by atoms with Crippen LogP contribution in [0.25, 0.3) is 5.52 Å². The second-order valence-corrected chi connectivity index (χ2v) is 13.2. The summed E-state index contributed by atoms with van der Waals surface area (Å²) in [6.07, 6.45) is 4.02. The van der Waals surface area contributed by atoms with E-state index in [0.717, 1.165) is 32.6 Å². The van der Waals surface area contributed by atoms with E-state index >= 15 is 0 Å². The highest BCUT2D eigenvalue weighted by Gasteiger charge is 2.52. The van der Waals surface area contributed by atoms with E-state index < -0.39 is 17.4 Å². The average molecular weight is 565 g/mol. The van der Waals surface area contributed by atoms with Crippen LogP contribution >= 0.6 is 0 Å². The van der Waals surface area contributed by atoms with Crippen molar-refractivity contribution in [2.75, 3.05) is 47.1 Å². The fourth-order valence-electron chi connectivity index (χ4n) is 7.75. The SMILES string of the molecule is COC1CC(n2cc3c(C(F)(F)F)cc(CN4CC5(CC5)C4)cn3c2=O)CC(C2(CC3NNCN3C)COC2)C1. The molecule has 0 amide bonds. The molecule has 4 unspecified atom stereocenters. The number of aromatic nitrogens is 2. The molecule has 0 bridgehead atoms. The zero-order valence-electron chi connectivity index (χ0n) is 23.2. The van der Waals surface area contributed by atoms with Crippen LogP contribution in [0.5, 0.6) is 0 Å². The highest BCUT2D eigenvalue weighted by molar-refractivity contribution is 5.56. The van der Waals surface area contributed by atoms with E-state index in [1.807, 2.05) is 0 Å². The van der Waals surface area contributed by atoms with Crippen molar-refractivity contribution in [1.29, 1.82) is 0 Å². The van der Waals surface area contributed by atoms with E-state index in [1.165, 1.54) is 29.5 Å². The van der Waals surface area contributed by atoms with Crippen molar-refractivity contribution in [2.24, 2.45) is 16.7 Å². The maximum Gasteiger partial charge on any atom is 0.418 e. The minimum Gasteiger partial charge on any atom is -0.381 e. The summed E-state index contributed by atoms with van der Waals surface area (Å²) in [5.41, 5.74) is 6.16. The number of nitrogens with zero attached hydrogens (tertiary/aromatic N) is 4. The fraction of sp³-hybridized carbons (Fsp3) is 0.750. The van der Waals surface area contributed by atoms with E-state index in [1.54, 1.807) is 17.9 Å². The van der Waals surface area contributed by atoms with Crippen LogP contribution in [-0.2, 0) is 22.2 Å². The number of nitrogens with one attached hydrogen (secondary N) is 2. The zero-order chi connectivity index (χ0) is 27.9. The number of imidazole rings is 1. The molecule has 2 saturated carbocycles. The van der Waals surface area contributed by atoms with Crippen LogP contribution in [-0.4, -0.2) is 78.2 Å². The van der Waals surface area contributed by atoms with Crippen LogP contribution in [0.15, 0.2) is 23.3 Å². The molecule has 5 heterocycles. The van der Waals surface area contributed by atoms with Crippen molar-refractivity contribution < 1.29 is 22.6 Å². The second kappa shape index (κ2) is 9.53. The molecule has 0 aromatic carbocycles. The number of pyridine rings is 1. The van der Waals surface area contributed by atoms with Crippen molar-refractivity contribution in [1.82, 2.24) is 29.6 Å². The van der Waals surface area contributed by atoms with Gasteiger partial charge in [0.25, 0.3) is 0 Å². The Labute approximate surface area is 231 Å². The minimum atomic E-state index is -4.56. The van der Waals surface area contributed by atoms with Crippen molar-refractivity contribution in [3.8, 4) is 0 Å². The van der Waals surface area contributed by atoms with E-state index in [0.29, 0.717) is 43.6 Å². The number of hydrazine groups is 1. The smallest absolute Gasteiger partial charge is 0.381 e. The number of alkyl halides is 3. The second-order valence-electron chi connectivity index (χ2n) is 13.2. The number of ether oxygens (including phenoxy) is 2. The lowest BCUT2D eigenvalue weighted by Gasteiger charge is -2.52. The Bertz CT molecular complexity index is 1330. The van der Waals surface area contributed by atoms with Crippen molar-refractivity contribution in [3.63, 3.8) is 0 Å². The molecule has 5 aliphatic rings. The Morgan fingerprint density at radius 3 is 2.52 bits per heavy atom. The molecular weight excluding hydrogens is 525 g/mol. The number of fused-ring (bicyclic) bond motifs is 1. The lowest BCUT2D eigenvalue weighted by molar-refractivity contribution is -0.175. The van der Waals surface area contributed by atoms with Crippen molar-refractivity contribution in [3.05, 3.63) is 40.1 Å². The fourth-order valence-corrected chi connectivity index (χ4v) is 7.75. The topological polar surface area (TPSA) is 75.4 Å². The van der Waals surface area contributed by atoms with Crippen LogP contribution in [0.1, 0.15) is 55.7 Å². The third-order valence-corrected chi connectivity index (χ3v) is 10.4. The predicted molar refractivity (Wildman–Crippen MR) is 141 cm³/mol. The molecule has 4 atom stereocenters. The first kappa shape index (κ1) is 26.9. The molecule has 40 heavy (non-hydrogen) atoms. The Hall–Kier alpha value is -1.96. The van der Waals surface area contributed by atoms with Gasteiger partial charge in [-0.1, -0.05) is 0 Å². The summed E-state index contributed by atoms with van der Waals surface area (Å²) in [4.78, 5) is 18.2. The molecule has 220 valence electrons. The van der Waals surface area contributed by atoms with Gasteiger partial charge < -0.3 is 9.47 Å². The third-order valence-electron chi connectivity index (χ3n) is 10.4.